The molecule has 3 heterocycles. The van der Waals surface area contributed by atoms with Gasteiger partial charge in [-0.2, -0.15) is 13.2 Å². The molecule has 6 nitrogen and oxygen atoms in total. The van der Waals surface area contributed by atoms with Gasteiger partial charge in [-0.15, -0.1) is 10.2 Å². The standard InChI is InChI=1S/C17H13F3N6/c18-17(19,20)16-22-12-6-2-1-5-11(12)15(23-16)21-9-8-14-25-24-13-7-3-4-10-26(13)14/h1-7,10H,8-9H2,(H,21,22,23). The quantitative estimate of drug-likeness (QED) is 0.606. The van der Waals surface area contributed by atoms with Gasteiger partial charge in [-0.25, -0.2) is 9.97 Å². The number of rotatable bonds is 4. The summed E-state index contributed by atoms with van der Waals surface area (Å²) in [5.41, 5.74) is 0.958. The second-order valence-corrected chi connectivity index (χ2v) is 5.63. The van der Waals surface area contributed by atoms with Crippen molar-refractivity contribution in [2.45, 2.75) is 12.6 Å². The average molecular weight is 358 g/mol. The van der Waals surface area contributed by atoms with Gasteiger partial charge in [0.05, 0.1) is 5.52 Å². The highest BCUT2D eigenvalue weighted by atomic mass is 19.4. The number of aromatic nitrogens is 5. The van der Waals surface area contributed by atoms with Gasteiger partial charge in [-0.3, -0.25) is 4.40 Å². The Balaban J connectivity index is 1.60. The van der Waals surface area contributed by atoms with Crippen LogP contribution in [-0.2, 0) is 12.6 Å². The molecule has 0 radical (unpaired) electrons. The normalized spacial score (nSPS) is 12.0. The Morgan fingerprint density at radius 3 is 2.62 bits per heavy atom. The molecule has 0 fully saturated rings. The molecule has 1 aromatic carbocycles. The zero-order valence-electron chi connectivity index (χ0n) is 13.4. The number of alkyl halides is 3. The van der Waals surface area contributed by atoms with Gasteiger partial charge in [0, 0.05) is 24.5 Å². The van der Waals surface area contributed by atoms with Crippen molar-refractivity contribution >= 4 is 22.4 Å². The lowest BCUT2D eigenvalue weighted by molar-refractivity contribution is -0.144. The number of anilines is 1. The van der Waals surface area contributed by atoms with Crippen LogP contribution in [0.4, 0.5) is 19.0 Å². The first-order chi connectivity index (χ1) is 12.5. The van der Waals surface area contributed by atoms with Crippen molar-refractivity contribution in [2.75, 3.05) is 11.9 Å². The molecule has 26 heavy (non-hydrogen) atoms. The minimum absolute atomic E-state index is 0.150. The molecule has 0 aliphatic rings. The summed E-state index contributed by atoms with van der Waals surface area (Å²) >= 11 is 0. The minimum atomic E-state index is -4.61. The number of fused-ring (bicyclic) bond motifs is 2. The first kappa shape index (κ1) is 16.2. The van der Waals surface area contributed by atoms with Crippen LogP contribution in [-0.4, -0.2) is 31.1 Å². The Labute approximate surface area is 145 Å². The molecule has 0 saturated heterocycles. The number of nitrogens with zero attached hydrogens (tertiary/aromatic N) is 5. The third kappa shape index (κ3) is 3.03. The van der Waals surface area contributed by atoms with Crippen LogP contribution in [0.25, 0.3) is 16.6 Å². The van der Waals surface area contributed by atoms with Crippen LogP contribution in [0.5, 0.6) is 0 Å². The van der Waals surface area contributed by atoms with Crippen LogP contribution in [0.2, 0.25) is 0 Å². The van der Waals surface area contributed by atoms with E-state index in [-0.39, 0.29) is 11.3 Å². The second-order valence-electron chi connectivity index (χ2n) is 5.63. The maximum Gasteiger partial charge on any atom is 0.451 e. The number of hydrogen-bond acceptors (Lipinski definition) is 5. The largest absolute Gasteiger partial charge is 0.451 e. The molecule has 4 aromatic rings. The highest BCUT2D eigenvalue weighted by Gasteiger charge is 2.35. The van der Waals surface area contributed by atoms with Gasteiger partial charge >= 0.3 is 6.18 Å². The number of nitrogens with one attached hydrogen (secondary N) is 1. The summed E-state index contributed by atoms with van der Waals surface area (Å²) < 4.78 is 41.0. The number of hydrogen-bond donors (Lipinski definition) is 1. The summed E-state index contributed by atoms with van der Waals surface area (Å²) in [5.74, 6) is -0.300. The Morgan fingerprint density at radius 1 is 0.962 bits per heavy atom. The van der Waals surface area contributed by atoms with Crippen molar-refractivity contribution < 1.29 is 13.2 Å². The van der Waals surface area contributed by atoms with E-state index in [1.165, 1.54) is 6.07 Å². The van der Waals surface area contributed by atoms with Gasteiger partial charge < -0.3 is 5.32 Å². The van der Waals surface area contributed by atoms with E-state index in [9.17, 15) is 13.2 Å². The monoisotopic (exact) mass is 358 g/mol. The van der Waals surface area contributed by atoms with Crippen molar-refractivity contribution in [1.82, 2.24) is 24.6 Å². The Hall–Kier alpha value is -3.23. The average Bonchev–Trinajstić information content (AvgIpc) is 3.04. The molecule has 0 bridgehead atoms. The van der Waals surface area contributed by atoms with Crippen molar-refractivity contribution in [1.29, 1.82) is 0 Å². The number of para-hydroxylation sites is 1. The number of halogens is 3. The molecule has 3 aromatic heterocycles. The van der Waals surface area contributed by atoms with Crippen LogP contribution < -0.4 is 5.32 Å². The lowest BCUT2D eigenvalue weighted by atomic mass is 10.2. The Bertz CT molecular complexity index is 1070. The van der Waals surface area contributed by atoms with E-state index < -0.39 is 12.0 Å². The maximum absolute atomic E-state index is 13.0. The first-order valence-electron chi connectivity index (χ1n) is 7.89. The van der Waals surface area contributed by atoms with E-state index in [4.69, 9.17) is 0 Å². The molecular formula is C17H13F3N6. The van der Waals surface area contributed by atoms with E-state index in [1.54, 1.807) is 18.2 Å². The molecule has 0 atom stereocenters. The fraction of sp³-hybridized carbons (Fsp3) is 0.176. The molecule has 1 N–H and O–H groups in total. The Kier molecular flexibility index (Phi) is 3.90. The summed E-state index contributed by atoms with van der Waals surface area (Å²) in [6.45, 7) is 0.355. The van der Waals surface area contributed by atoms with Crippen molar-refractivity contribution in [3.8, 4) is 0 Å². The summed E-state index contributed by atoms with van der Waals surface area (Å²) in [5, 5.41) is 11.7. The maximum atomic E-state index is 13.0. The summed E-state index contributed by atoms with van der Waals surface area (Å²) in [7, 11) is 0. The van der Waals surface area contributed by atoms with E-state index in [2.05, 4.69) is 25.5 Å². The molecule has 4 rings (SSSR count). The molecule has 0 unspecified atom stereocenters. The van der Waals surface area contributed by atoms with E-state index in [0.29, 0.717) is 29.8 Å². The van der Waals surface area contributed by atoms with Crippen molar-refractivity contribution in [3.05, 3.63) is 60.3 Å². The highest BCUT2D eigenvalue weighted by Crippen LogP contribution is 2.30. The van der Waals surface area contributed by atoms with Crippen LogP contribution in [0.15, 0.2) is 48.7 Å². The van der Waals surface area contributed by atoms with Gasteiger partial charge in [-0.05, 0) is 24.3 Å². The summed E-state index contributed by atoms with van der Waals surface area (Å²) in [6.07, 6.45) is -2.29. The first-order valence-corrected chi connectivity index (χ1v) is 7.89. The Morgan fingerprint density at radius 2 is 1.77 bits per heavy atom. The summed E-state index contributed by atoms with van der Waals surface area (Å²) in [6, 6.07) is 12.1. The smallest absolute Gasteiger partial charge is 0.369 e. The molecule has 0 spiro atoms. The molecule has 0 aliphatic carbocycles. The van der Waals surface area contributed by atoms with E-state index >= 15 is 0 Å². The molecule has 0 saturated carbocycles. The summed E-state index contributed by atoms with van der Waals surface area (Å²) in [4.78, 5) is 7.27. The van der Waals surface area contributed by atoms with Crippen LogP contribution in [0.1, 0.15) is 11.6 Å². The minimum Gasteiger partial charge on any atom is -0.369 e. The predicted molar refractivity (Wildman–Crippen MR) is 89.7 cm³/mol. The SMILES string of the molecule is FC(F)(F)c1nc(NCCc2nnc3ccccn23)c2ccccc2n1. The van der Waals surface area contributed by atoms with Crippen LogP contribution in [0.3, 0.4) is 0 Å². The van der Waals surface area contributed by atoms with Crippen LogP contribution >= 0.6 is 0 Å². The lowest BCUT2D eigenvalue weighted by Gasteiger charge is -2.12. The van der Waals surface area contributed by atoms with Crippen molar-refractivity contribution in [2.24, 2.45) is 0 Å². The predicted octanol–water partition coefficient (Wildman–Crippen LogP) is 3.35. The third-order valence-electron chi connectivity index (χ3n) is 3.88. The van der Waals surface area contributed by atoms with Gasteiger partial charge in [0.1, 0.15) is 11.6 Å². The highest BCUT2D eigenvalue weighted by molar-refractivity contribution is 5.89. The molecule has 0 amide bonds. The molecule has 132 valence electrons. The second kappa shape index (κ2) is 6.25. The molecule has 9 heteroatoms. The zero-order chi connectivity index (χ0) is 18.1. The van der Waals surface area contributed by atoms with Gasteiger partial charge in [-0.1, -0.05) is 18.2 Å². The molecule has 0 aliphatic heterocycles. The van der Waals surface area contributed by atoms with Crippen LogP contribution in [0, 0.1) is 0 Å². The van der Waals surface area contributed by atoms with Gasteiger partial charge in [0.2, 0.25) is 5.82 Å². The fourth-order valence-electron chi connectivity index (χ4n) is 2.69. The van der Waals surface area contributed by atoms with Crippen molar-refractivity contribution in [3.63, 3.8) is 0 Å². The fourth-order valence-corrected chi connectivity index (χ4v) is 2.69. The third-order valence-corrected chi connectivity index (χ3v) is 3.88. The zero-order valence-corrected chi connectivity index (χ0v) is 13.4. The van der Waals surface area contributed by atoms with E-state index in [1.807, 2.05) is 28.8 Å². The number of pyridine rings is 1. The lowest BCUT2D eigenvalue weighted by Crippen LogP contribution is -2.15. The topological polar surface area (TPSA) is 68.0 Å². The van der Waals surface area contributed by atoms with E-state index in [0.717, 1.165) is 0 Å². The van der Waals surface area contributed by atoms with Gasteiger partial charge in [0.15, 0.2) is 5.65 Å². The van der Waals surface area contributed by atoms with Gasteiger partial charge in [0.25, 0.3) is 0 Å². The number of benzene rings is 1. The molecular weight excluding hydrogens is 345 g/mol.